The third-order valence-electron chi connectivity index (χ3n) is 3.32. The van der Waals surface area contributed by atoms with E-state index in [9.17, 15) is 0 Å². The van der Waals surface area contributed by atoms with Gasteiger partial charge < -0.3 is 9.64 Å². The average molecular weight is 254 g/mol. The highest BCUT2D eigenvalue weighted by molar-refractivity contribution is 6.17. The number of fused-ring (bicyclic) bond motifs is 1. The Morgan fingerprint density at radius 1 is 1.41 bits per heavy atom. The second-order valence-electron chi connectivity index (χ2n) is 4.78. The fourth-order valence-corrected chi connectivity index (χ4v) is 2.62. The van der Waals surface area contributed by atoms with E-state index in [1.807, 2.05) is 0 Å². The summed E-state index contributed by atoms with van der Waals surface area (Å²) in [7, 11) is 4.21. The monoisotopic (exact) mass is 253 g/mol. The number of hydrogen-bond acceptors (Lipinski definition) is 2. The van der Waals surface area contributed by atoms with E-state index >= 15 is 0 Å². The lowest BCUT2D eigenvalue weighted by molar-refractivity contribution is 0.282. The zero-order valence-electron chi connectivity index (χ0n) is 10.6. The van der Waals surface area contributed by atoms with Crippen LogP contribution in [0.1, 0.15) is 30.0 Å². The molecule has 0 saturated carbocycles. The molecule has 2 nitrogen and oxygen atoms in total. The molecule has 0 fully saturated rings. The molecule has 17 heavy (non-hydrogen) atoms. The summed E-state index contributed by atoms with van der Waals surface area (Å²) in [6.07, 6.45) is 3.23. The standard InChI is InChI=1S/C14H20ClNO/c1-16(2)13(7-8-15)11-5-6-14-12(10-11)4-3-9-17-14/h5-6,10,13H,3-4,7-9H2,1-2H3. The molecule has 1 heterocycles. The molecule has 94 valence electrons. The summed E-state index contributed by atoms with van der Waals surface area (Å²) < 4.78 is 5.64. The summed E-state index contributed by atoms with van der Waals surface area (Å²) in [5, 5.41) is 0. The molecule has 2 rings (SSSR count). The van der Waals surface area contributed by atoms with E-state index in [4.69, 9.17) is 16.3 Å². The molecule has 0 amide bonds. The van der Waals surface area contributed by atoms with Crippen molar-refractivity contribution in [1.82, 2.24) is 4.90 Å². The molecular formula is C14H20ClNO. The lowest BCUT2D eigenvalue weighted by Gasteiger charge is -2.26. The number of benzene rings is 1. The summed E-state index contributed by atoms with van der Waals surface area (Å²) in [5.74, 6) is 1.75. The molecular weight excluding hydrogens is 234 g/mol. The van der Waals surface area contributed by atoms with Crippen molar-refractivity contribution < 1.29 is 4.74 Å². The van der Waals surface area contributed by atoms with E-state index < -0.39 is 0 Å². The molecule has 0 radical (unpaired) electrons. The van der Waals surface area contributed by atoms with E-state index in [0.29, 0.717) is 11.9 Å². The maximum Gasteiger partial charge on any atom is 0.122 e. The van der Waals surface area contributed by atoms with Crippen molar-refractivity contribution in [1.29, 1.82) is 0 Å². The predicted molar refractivity (Wildman–Crippen MR) is 72.0 cm³/mol. The van der Waals surface area contributed by atoms with E-state index in [2.05, 4.69) is 37.2 Å². The van der Waals surface area contributed by atoms with Gasteiger partial charge in [0.25, 0.3) is 0 Å². The van der Waals surface area contributed by atoms with Gasteiger partial charge in [-0.25, -0.2) is 0 Å². The first-order chi connectivity index (χ1) is 8.22. The minimum Gasteiger partial charge on any atom is -0.493 e. The molecule has 1 aromatic rings. The quantitative estimate of drug-likeness (QED) is 0.764. The molecule has 0 bridgehead atoms. The molecule has 1 atom stereocenters. The van der Waals surface area contributed by atoms with Crippen molar-refractivity contribution in [3.8, 4) is 5.75 Å². The van der Waals surface area contributed by atoms with Crippen LogP contribution in [0.4, 0.5) is 0 Å². The molecule has 0 aromatic heterocycles. The van der Waals surface area contributed by atoms with E-state index in [0.717, 1.165) is 31.6 Å². The van der Waals surface area contributed by atoms with Crippen molar-refractivity contribution >= 4 is 11.6 Å². The van der Waals surface area contributed by atoms with Crippen LogP contribution in [-0.4, -0.2) is 31.5 Å². The Hall–Kier alpha value is -0.730. The zero-order chi connectivity index (χ0) is 12.3. The van der Waals surface area contributed by atoms with Gasteiger partial charge in [-0.2, -0.15) is 0 Å². The number of ether oxygens (including phenoxy) is 1. The third-order valence-corrected chi connectivity index (χ3v) is 3.54. The van der Waals surface area contributed by atoms with Gasteiger partial charge in [0.15, 0.2) is 0 Å². The Morgan fingerprint density at radius 3 is 2.94 bits per heavy atom. The molecule has 0 aliphatic carbocycles. The van der Waals surface area contributed by atoms with Crippen LogP contribution in [0.15, 0.2) is 18.2 Å². The third kappa shape index (κ3) is 2.93. The first kappa shape index (κ1) is 12.7. The van der Waals surface area contributed by atoms with Gasteiger partial charge in [0.2, 0.25) is 0 Å². The van der Waals surface area contributed by atoms with Gasteiger partial charge in [-0.1, -0.05) is 12.1 Å². The minimum absolute atomic E-state index is 0.403. The maximum absolute atomic E-state index is 5.88. The molecule has 3 heteroatoms. The van der Waals surface area contributed by atoms with Gasteiger partial charge in [0.1, 0.15) is 5.75 Å². The summed E-state index contributed by atoms with van der Waals surface area (Å²) in [5.41, 5.74) is 2.69. The van der Waals surface area contributed by atoms with Gasteiger partial charge in [-0.05, 0) is 50.6 Å². The van der Waals surface area contributed by atoms with E-state index in [-0.39, 0.29) is 0 Å². The molecule has 1 aliphatic rings. The average Bonchev–Trinajstić information content (AvgIpc) is 2.35. The van der Waals surface area contributed by atoms with Crippen molar-refractivity contribution in [3.63, 3.8) is 0 Å². The van der Waals surface area contributed by atoms with Crippen LogP contribution in [0.25, 0.3) is 0 Å². The van der Waals surface area contributed by atoms with Crippen molar-refractivity contribution in [3.05, 3.63) is 29.3 Å². The smallest absolute Gasteiger partial charge is 0.122 e. The lowest BCUT2D eigenvalue weighted by Crippen LogP contribution is -2.21. The Kier molecular flexibility index (Phi) is 4.30. The van der Waals surface area contributed by atoms with Crippen LogP contribution in [-0.2, 0) is 6.42 Å². The SMILES string of the molecule is CN(C)C(CCCl)c1ccc2c(c1)CCCO2. The van der Waals surface area contributed by atoms with Crippen molar-refractivity contribution in [2.75, 3.05) is 26.6 Å². The summed E-state index contributed by atoms with van der Waals surface area (Å²) in [4.78, 5) is 2.23. The summed E-state index contributed by atoms with van der Waals surface area (Å²) in [6.45, 7) is 0.852. The van der Waals surface area contributed by atoms with Crippen LogP contribution >= 0.6 is 11.6 Å². The van der Waals surface area contributed by atoms with Crippen LogP contribution in [0, 0.1) is 0 Å². The Morgan fingerprint density at radius 2 is 2.24 bits per heavy atom. The molecule has 1 aromatic carbocycles. The van der Waals surface area contributed by atoms with Gasteiger partial charge >= 0.3 is 0 Å². The number of hydrogen-bond donors (Lipinski definition) is 0. The number of aryl methyl sites for hydroxylation is 1. The Balaban J connectivity index is 2.25. The van der Waals surface area contributed by atoms with Crippen LogP contribution < -0.4 is 4.74 Å². The zero-order valence-corrected chi connectivity index (χ0v) is 11.3. The van der Waals surface area contributed by atoms with Gasteiger partial charge in [0, 0.05) is 11.9 Å². The van der Waals surface area contributed by atoms with Crippen LogP contribution in [0.3, 0.4) is 0 Å². The van der Waals surface area contributed by atoms with Crippen LogP contribution in [0.2, 0.25) is 0 Å². The highest BCUT2D eigenvalue weighted by Crippen LogP contribution is 2.30. The first-order valence-corrected chi connectivity index (χ1v) is 6.74. The fraction of sp³-hybridized carbons (Fsp3) is 0.571. The molecule has 1 aliphatic heterocycles. The summed E-state index contributed by atoms with van der Waals surface area (Å²) >= 11 is 5.88. The van der Waals surface area contributed by atoms with Crippen LogP contribution in [0.5, 0.6) is 5.75 Å². The maximum atomic E-state index is 5.88. The largest absolute Gasteiger partial charge is 0.493 e. The summed E-state index contributed by atoms with van der Waals surface area (Å²) in [6, 6.07) is 6.96. The van der Waals surface area contributed by atoms with Gasteiger partial charge in [-0.3, -0.25) is 0 Å². The second-order valence-corrected chi connectivity index (χ2v) is 5.15. The first-order valence-electron chi connectivity index (χ1n) is 6.20. The number of nitrogens with zero attached hydrogens (tertiary/aromatic N) is 1. The normalized spacial score (nSPS) is 16.5. The second kappa shape index (κ2) is 5.74. The highest BCUT2D eigenvalue weighted by Gasteiger charge is 2.17. The molecule has 0 spiro atoms. The highest BCUT2D eigenvalue weighted by atomic mass is 35.5. The van der Waals surface area contributed by atoms with Gasteiger partial charge in [-0.15, -0.1) is 11.6 Å². The number of rotatable bonds is 4. The number of halogens is 1. The predicted octanol–water partition coefficient (Wildman–Crippen LogP) is 3.24. The Bertz CT molecular complexity index is 378. The van der Waals surface area contributed by atoms with E-state index in [1.165, 1.54) is 11.1 Å². The number of alkyl halides is 1. The van der Waals surface area contributed by atoms with Gasteiger partial charge in [0.05, 0.1) is 6.61 Å². The topological polar surface area (TPSA) is 12.5 Å². The minimum atomic E-state index is 0.403. The Labute approximate surface area is 109 Å². The van der Waals surface area contributed by atoms with Crippen molar-refractivity contribution in [2.45, 2.75) is 25.3 Å². The molecule has 0 saturated heterocycles. The van der Waals surface area contributed by atoms with Crippen molar-refractivity contribution in [2.24, 2.45) is 0 Å². The molecule has 0 N–H and O–H groups in total. The fourth-order valence-electron chi connectivity index (χ4n) is 2.41. The molecule has 1 unspecified atom stereocenters. The van der Waals surface area contributed by atoms with E-state index in [1.54, 1.807) is 0 Å². The lowest BCUT2D eigenvalue weighted by atomic mass is 9.97.